The molecule has 1 amide bonds. The molecular formula is C13H15N7O3. The third-order valence-corrected chi connectivity index (χ3v) is 3.59. The summed E-state index contributed by atoms with van der Waals surface area (Å²) in [6.07, 6.45) is 5.92. The van der Waals surface area contributed by atoms with Gasteiger partial charge in [-0.3, -0.25) is 4.79 Å². The van der Waals surface area contributed by atoms with Crippen LogP contribution in [0.1, 0.15) is 0 Å². The van der Waals surface area contributed by atoms with E-state index < -0.39 is 4.92 Å². The van der Waals surface area contributed by atoms with Gasteiger partial charge in [0.15, 0.2) is 0 Å². The smallest absolute Gasteiger partial charge is 0.358 e. The predicted octanol–water partition coefficient (Wildman–Crippen LogP) is -0.0699. The van der Waals surface area contributed by atoms with E-state index in [1.807, 2.05) is 4.90 Å². The molecule has 1 aliphatic rings. The number of rotatable bonds is 4. The van der Waals surface area contributed by atoms with Crippen molar-refractivity contribution < 1.29 is 9.72 Å². The van der Waals surface area contributed by atoms with Crippen molar-refractivity contribution in [1.29, 1.82) is 0 Å². The first-order valence-electron chi connectivity index (χ1n) is 7.09. The Balaban J connectivity index is 1.54. The first kappa shape index (κ1) is 14.9. The number of hydrogen-bond acceptors (Lipinski definition) is 7. The molecule has 1 saturated heterocycles. The molecule has 10 nitrogen and oxygen atoms in total. The van der Waals surface area contributed by atoms with E-state index in [0.29, 0.717) is 32.1 Å². The fourth-order valence-electron chi connectivity index (χ4n) is 2.40. The molecule has 0 spiro atoms. The zero-order valence-electron chi connectivity index (χ0n) is 12.3. The molecule has 0 aromatic carbocycles. The molecule has 1 fully saturated rings. The van der Waals surface area contributed by atoms with Gasteiger partial charge in [0, 0.05) is 38.6 Å². The van der Waals surface area contributed by atoms with Crippen LogP contribution in [0.15, 0.2) is 31.0 Å². The molecule has 120 valence electrons. The SMILES string of the molecule is O=C(Cn1cnc([N+](=O)[O-])c1)N1CCN(c2ncccn2)CC1. The lowest BCUT2D eigenvalue weighted by molar-refractivity contribution is -0.389. The number of imidazole rings is 1. The van der Waals surface area contributed by atoms with Crippen molar-refractivity contribution in [3.05, 3.63) is 41.1 Å². The Morgan fingerprint density at radius 2 is 1.87 bits per heavy atom. The molecule has 2 aromatic rings. The molecule has 23 heavy (non-hydrogen) atoms. The summed E-state index contributed by atoms with van der Waals surface area (Å²) in [4.78, 5) is 38.0. The van der Waals surface area contributed by atoms with Crippen LogP contribution < -0.4 is 4.90 Å². The summed E-state index contributed by atoms with van der Waals surface area (Å²) in [7, 11) is 0. The monoisotopic (exact) mass is 317 g/mol. The molecule has 0 bridgehead atoms. The highest BCUT2D eigenvalue weighted by Crippen LogP contribution is 2.11. The van der Waals surface area contributed by atoms with Gasteiger partial charge in [-0.05, 0) is 16.0 Å². The van der Waals surface area contributed by atoms with Crippen LogP contribution in [-0.4, -0.2) is 61.4 Å². The van der Waals surface area contributed by atoms with E-state index in [2.05, 4.69) is 15.0 Å². The topological polar surface area (TPSA) is 110 Å². The van der Waals surface area contributed by atoms with Crippen molar-refractivity contribution in [2.24, 2.45) is 0 Å². The maximum Gasteiger partial charge on any atom is 0.381 e. The number of carbonyl (C=O) groups is 1. The second-order valence-corrected chi connectivity index (χ2v) is 5.08. The van der Waals surface area contributed by atoms with Gasteiger partial charge in [0.2, 0.25) is 18.2 Å². The number of carbonyl (C=O) groups excluding carboxylic acids is 1. The summed E-state index contributed by atoms with van der Waals surface area (Å²) >= 11 is 0. The van der Waals surface area contributed by atoms with Crippen molar-refractivity contribution in [1.82, 2.24) is 24.4 Å². The largest absolute Gasteiger partial charge is 0.381 e. The molecule has 0 N–H and O–H groups in total. The lowest BCUT2D eigenvalue weighted by Gasteiger charge is -2.34. The summed E-state index contributed by atoms with van der Waals surface area (Å²) in [5.41, 5.74) is 0. The average molecular weight is 317 g/mol. The summed E-state index contributed by atoms with van der Waals surface area (Å²) in [5, 5.41) is 10.6. The molecule has 0 saturated carbocycles. The predicted molar refractivity (Wildman–Crippen MR) is 79.7 cm³/mol. The average Bonchev–Trinajstić information content (AvgIpc) is 3.04. The van der Waals surface area contributed by atoms with Crippen molar-refractivity contribution >= 4 is 17.7 Å². The first-order valence-corrected chi connectivity index (χ1v) is 7.09. The van der Waals surface area contributed by atoms with Crippen molar-refractivity contribution in [3.63, 3.8) is 0 Å². The van der Waals surface area contributed by atoms with E-state index in [9.17, 15) is 14.9 Å². The van der Waals surface area contributed by atoms with Crippen LogP contribution in [0.2, 0.25) is 0 Å². The lowest BCUT2D eigenvalue weighted by Crippen LogP contribution is -2.50. The van der Waals surface area contributed by atoms with Gasteiger partial charge >= 0.3 is 5.82 Å². The van der Waals surface area contributed by atoms with E-state index in [1.165, 1.54) is 17.1 Å². The summed E-state index contributed by atoms with van der Waals surface area (Å²) in [6, 6.07) is 1.76. The van der Waals surface area contributed by atoms with Crippen LogP contribution in [0.4, 0.5) is 11.8 Å². The van der Waals surface area contributed by atoms with Gasteiger partial charge in [-0.2, -0.15) is 0 Å². The number of aromatic nitrogens is 4. The number of nitro groups is 1. The van der Waals surface area contributed by atoms with Gasteiger partial charge in [-0.25, -0.2) is 9.97 Å². The van der Waals surface area contributed by atoms with Crippen LogP contribution in [-0.2, 0) is 11.3 Å². The van der Waals surface area contributed by atoms with E-state index in [-0.39, 0.29) is 18.3 Å². The fourth-order valence-corrected chi connectivity index (χ4v) is 2.40. The Morgan fingerprint density at radius 3 is 2.48 bits per heavy atom. The Morgan fingerprint density at radius 1 is 1.17 bits per heavy atom. The third kappa shape index (κ3) is 3.42. The Bertz CT molecular complexity index is 695. The highest BCUT2D eigenvalue weighted by atomic mass is 16.6. The van der Waals surface area contributed by atoms with Crippen LogP contribution >= 0.6 is 0 Å². The minimum atomic E-state index is -0.584. The third-order valence-electron chi connectivity index (χ3n) is 3.59. The quantitative estimate of drug-likeness (QED) is 0.573. The molecule has 0 atom stereocenters. The molecule has 3 heterocycles. The zero-order chi connectivity index (χ0) is 16.2. The number of piperazine rings is 1. The standard InChI is InChI=1S/C13H15N7O3/c21-12(9-17-8-11(16-10-17)20(22)23)18-4-6-19(7-5-18)13-14-2-1-3-15-13/h1-3,8,10H,4-7,9H2. The normalized spacial score (nSPS) is 14.8. The first-order chi connectivity index (χ1) is 11.1. The van der Waals surface area contributed by atoms with Gasteiger partial charge in [0.1, 0.15) is 12.7 Å². The molecule has 2 aromatic heterocycles. The molecule has 0 radical (unpaired) electrons. The van der Waals surface area contributed by atoms with E-state index >= 15 is 0 Å². The molecular weight excluding hydrogens is 302 g/mol. The maximum atomic E-state index is 12.2. The van der Waals surface area contributed by atoms with Crippen molar-refractivity contribution in [2.45, 2.75) is 6.54 Å². The van der Waals surface area contributed by atoms with E-state index in [4.69, 9.17) is 0 Å². The minimum absolute atomic E-state index is 0.0443. The summed E-state index contributed by atoms with van der Waals surface area (Å²) in [6.45, 7) is 2.48. The number of nitrogens with zero attached hydrogens (tertiary/aromatic N) is 7. The summed E-state index contributed by atoms with van der Waals surface area (Å²) in [5.74, 6) is 0.305. The Kier molecular flexibility index (Phi) is 4.13. The van der Waals surface area contributed by atoms with E-state index in [1.54, 1.807) is 23.4 Å². The molecule has 0 unspecified atom stereocenters. The van der Waals surface area contributed by atoms with Crippen molar-refractivity contribution in [3.8, 4) is 0 Å². The lowest BCUT2D eigenvalue weighted by atomic mass is 10.3. The Hall–Kier alpha value is -3.04. The number of hydrogen-bond donors (Lipinski definition) is 0. The second-order valence-electron chi connectivity index (χ2n) is 5.08. The molecule has 3 rings (SSSR count). The van der Waals surface area contributed by atoms with Gasteiger partial charge in [0.25, 0.3) is 0 Å². The molecule has 10 heteroatoms. The van der Waals surface area contributed by atoms with Crippen LogP contribution in [0, 0.1) is 10.1 Å². The van der Waals surface area contributed by atoms with Gasteiger partial charge in [0.05, 0.1) is 0 Å². The van der Waals surface area contributed by atoms with Gasteiger partial charge in [-0.15, -0.1) is 0 Å². The minimum Gasteiger partial charge on any atom is -0.358 e. The van der Waals surface area contributed by atoms with Crippen molar-refractivity contribution in [2.75, 3.05) is 31.1 Å². The second kappa shape index (κ2) is 6.38. The fraction of sp³-hybridized carbons (Fsp3) is 0.385. The van der Waals surface area contributed by atoms with Crippen LogP contribution in [0.25, 0.3) is 0 Å². The Labute approximate surface area is 131 Å². The molecule has 1 aliphatic heterocycles. The maximum absolute atomic E-state index is 12.2. The number of amides is 1. The zero-order valence-corrected chi connectivity index (χ0v) is 12.3. The number of anilines is 1. The highest BCUT2D eigenvalue weighted by Gasteiger charge is 2.23. The van der Waals surface area contributed by atoms with Crippen LogP contribution in [0.3, 0.4) is 0 Å². The van der Waals surface area contributed by atoms with E-state index in [0.717, 1.165) is 0 Å². The highest BCUT2D eigenvalue weighted by molar-refractivity contribution is 5.76. The van der Waals surface area contributed by atoms with Crippen LogP contribution in [0.5, 0.6) is 0 Å². The van der Waals surface area contributed by atoms with Gasteiger partial charge < -0.3 is 24.5 Å². The van der Waals surface area contributed by atoms with Gasteiger partial charge in [-0.1, -0.05) is 0 Å². The molecule has 0 aliphatic carbocycles. The summed E-state index contributed by atoms with van der Waals surface area (Å²) < 4.78 is 1.42.